The normalized spacial score (nSPS) is 11.6. The Kier molecular flexibility index (Phi) is 5.53. The third kappa shape index (κ3) is 3.18. The van der Waals surface area contributed by atoms with Gasteiger partial charge in [-0.05, 0) is 24.7 Å². The van der Waals surface area contributed by atoms with E-state index in [1.807, 2.05) is 0 Å². The Labute approximate surface area is 93.5 Å². The first kappa shape index (κ1) is 13.2. The highest BCUT2D eigenvalue weighted by Gasteiger charge is 2.16. The van der Waals surface area contributed by atoms with Gasteiger partial charge in [0.15, 0.2) is 0 Å². The molecule has 0 saturated heterocycles. The van der Waals surface area contributed by atoms with Gasteiger partial charge in [0, 0.05) is 5.02 Å². The van der Waals surface area contributed by atoms with E-state index in [9.17, 15) is 4.79 Å². The second-order valence-electron chi connectivity index (χ2n) is 2.61. The van der Waals surface area contributed by atoms with Crippen molar-refractivity contribution in [3.63, 3.8) is 0 Å². The lowest BCUT2D eigenvalue weighted by atomic mass is 10.1. The van der Waals surface area contributed by atoms with Gasteiger partial charge in [0.2, 0.25) is 0 Å². The summed E-state index contributed by atoms with van der Waals surface area (Å²) in [5.41, 5.74) is 0.655. The fourth-order valence-corrected chi connectivity index (χ4v) is 1.32. The fourth-order valence-electron chi connectivity index (χ4n) is 1.12. The Morgan fingerprint density at radius 2 is 2.21 bits per heavy atom. The molecule has 0 aliphatic heterocycles. The van der Waals surface area contributed by atoms with Gasteiger partial charge in [-0.15, -0.1) is 12.4 Å². The van der Waals surface area contributed by atoms with Crippen molar-refractivity contribution >= 4 is 30.0 Å². The van der Waals surface area contributed by atoms with Gasteiger partial charge in [0.1, 0.15) is 6.04 Å². The zero-order chi connectivity index (χ0) is 9.84. The molecule has 5 heteroatoms. The summed E-state index contributed by atoms with van der Waals surface area (Å²) in [5.74, 6) is -0.912. The third-order valence-electron chi connectivity index (χ3n) is 1.72. The molecular formula is C9H11Cl2NO2. The van der Waals surface area contributed by atoms with Crippen LogP contribution in [-0.2, 0) is 4.79 Å². The summed E-state index contributed by atoms with van der Waals surface area (Å²) in [7, 11) is 1.60. The Bertz CT molecular complexity index is 317. The molecule has 0 radical (unpaired) electrons. The largest absolute Gasteiger partial charge is 0.480 e. The number of carboxylic acid groups (broad SMARTS) is 1. The van der Waals surface area contributed by atoms with Crippen LogP contribution in [0.1, 0.15) is 11.6 Å². The van der Waals surface area contributed by atoms with Crippen molar-refractivity contribution in [2.24, 2.45) is 0 Å². The summed E-state index contributed by atoms with van der Waals surface area (Å²) < 4.78 is 0. The predicted molar refractivity (Wildman–Crippen MR) is 58.1 cm³/mol. The van der Waals surface area contributed by atoms with Gasteiger partial charge in [-0.3, -0.25) is 4.79 Å². The molecule has 0 fully saturated rings. The predicted octanol–water partition coefficient (Wildman–Crippen LogP) is 2.11. The van der Waals surface area contributed by atoms with Crippen molar-refractivity contribution in [1.29, 1.82) is 0 Å². The van der Waals surface area contributed by atoms with Crippen molar-refractivity contribution in [3.8, 4) is 0 Å². The lowest BCUT2D eigenvalue weighted by molar-refractivity contribution is -0.139. The number of aliphatic carboxylic acids is 1. The number of rotatable bonds is 3. The molecule has 78 valence electrons. The van der Waals surface area contributed by atoms with Crippen LogP contribution in [0.5, 0.6) is 0 Å². The molecule has 2 N–H and O–H groups in total. The number of benzene rings is 1. The maximum Gasteiger partial charge on any atom is 0.325 e. The quantitative estimate of drug-likeness (QED) is 0.844. The first-order valence-electron chi connectivity index (χ1n) is 3.80. The van der Waals surface area contributed by atoms with Crippen molar-refractivity contribution in [2.45, 2.75) is 6.04 Å². The van der Waals surface area contributed by atoms with Gasteiger partial charge in [0.25, 0.3) is 0 Å². The minimum absolute atomic E-state index is 0. The number of likely N-dealkylation sites (N-methyl/N-ethyl adjacent to an activating group) is 1. The van der Waals surface area contributed by atoms with Gasteiger partial charge in [-0.25, -0.2) is 0 Å². The molecule has 0 bridgehead atoms. The molecule has 0 heterocycles. The average Bonchev–Trinajstić information content (AvgIpc) is 2.04. The molecule has 0 spiro atoms. The first-order valence-corrected chi connectivity index (χ1v) is 4.18. The van der Waals surface area contributed by atoms with Gasteiger partial charge >= 0.3 is 5.97 Å². The average molecular weight is 236 g/mol. The topological polar surface area (TPSA) is 49.3 Å². The Morgan fingerprint density at radius 3 is 2.64 bits per heavy atom. The number of carbonyl (C=O) groups is 1. The van der Waals surface area contributed by atoms with Crippen LogP contribution < -0.4 is 5.32 Å². The van der Waals surface area contributed by atoms with Crippen LogP contribution in [0.3, 0.4) is 0 Å². The fraction of sp³-hybridized carbons (Fsp3) is 0.222. The minimum atomic E-state index is -0.912. The summed E-state index contributed by atoms with van der Waals surface area (Å²) in [4.78, 5) is 10.7. The van der Waals surface area contributed by atoms with E-state index in [0.717, 1.165) is 0 Å². The van der Waals surface area contributed by atoms with E-state index in [1.54, 1.807) is 31.3 Å². The molecule has 0 amide bonds. The van der Waals surface area contributed by atoms with Crippen LogP contribution in [0.2, 0.25) is 5.02 Å². The van der Waals surface area contributed by atoms with Gasteiger partial charge in [-0.2, -0.15) is 0 Å². The molecule has 1 aromatic rings. The van der Waals surface area contributed by atoms with E-state index >= 15 is 0 Å². The molecule has 14 heavy (non-hydrogen) atoms. The number of hydrogen-bond acceptors (Lipinski definition) is 2. The number of halogens is 2. The molecular weight excluding hydrogens is 225 g/mol. The lowest BCUT2D eigenvalue weighted by Crippen LogP contribution is -2.24. The van der Waals surface area contributed by atoms with Crippen LogP contribution in [-0.4, -0.2) is 18.1 Å². The Balaban J connectivity index is 0.00000169. The monoisotopic (exact) mass is 235 g/mol. The van der Waals surface area contributed by atoms with Crippen LogP contribution in [0.4, 0.5) is 0 Å². The van der Waals surface area contributed by atoms with Crippen LogP contribution in [0.15, 0.2) is 24.3 Å². The zero-order valence-electron chi connectivity index (χ0n) is 7.53. The van der Waals surface area contributed by atoms with Crippen LogP contribution in [0.25, 0.3) is 0 Å². The highest BCUT2D eigenvalue weighted by Crippen LogP contribution is 2.17. The van der Waals surface area contributed by atoms with Crippen LogP contribution >= 0.6 is 24.0 Å². The highest BCUT2D eigenvalue weighted by atomic mass is 35.5. The van der Waals surface area contributed by atoms with Crippen molar-refractivity contribution < 1.29 is 9.90 Å². The van der Waals surface area contributed by atoms with Gasteiger partial charge < -0.3 is 10.4 Å². The van der Waals surface area contributed by atoms with E-state index in [0.29, 0.717) is 10.6 Å². The molecule has 0 aliphatic rings. The lowest BCUT2D eigenvalue weighted by Gasteiger charge is -2.11. The summed E-state index contributed by atoms with van der Waals surface area (Å²) in [6.07, 6.45) is 0. The van der Waals surface area contributed by atoms with Crippen molar-refractivity contribution in [1.82, 2.24) is 5.32 Å². The maximum absolute atomic E-state index is 10.7. The molecule has 1 aromatic carbocycles. The number of hydrogen-bond donors (Lipinski definition) is 2. The summed E-state index contributed by atoms with van der Waals surface area (Å²) in [5, 5.41) is 12.0. The highest BCUT2D eigenvalue weighted by molar-refractivity contribution is 6.30. The number of carboxylic acids is 1. The first-order chi connectivity index (χ1) is 6.15. The molecule has 0 aromatic heterocycles. The summed E-state index contributed by atoms with van der Waals surface area (Å²) >= 11 is 5.73. The second-order valence-corrected chi connectivity index (χ2v) is 3.05. The molecule has 1 atom stereocenters. The molecule has 3 nitrogen and oxygen atoms in total. The maximum atomic E-state index is 10.7. The van der Waals surface area contributed by atoms with E-state index in [4.69, 9.17) is 16.7 Å². The minimum Gasteiger partial charge on any atom is -0.480 e. The third-order valence-corrected chi connectivity index (χ3v) is 1.95. The van der Waals surface area contributed by atoms with Crippen molar-refractivity contribution in [3.05, 3.63) is 34.9 Å². The zero-order valence-corrected chi connectivity index (χ0v) is 9.10. The molecule has 0 saturated carbocycles. The molecule has 0 aliphatic carbocycles. The standard InChI is InChI=1S/C9H10ClNO2.ClH/c1-11-8(9(12)13)6-3-2-4-7(10)5-6;/h2-5,8,11H,1H3,(H,12,13);1H. The van der Waals surface area contributed by atoms with E-state index < -0.39 is 12.0 Å². The SMILES string of the molecule is CNC(C(=O)O)c1cccc(Cl)c1.Cl. The molecule has 1 unspecified atom stereocenters. The molecule has 1 rings (SSSR count). The Hall–Kier alpha value is -0.770. The van der Waals surface area contributed by atoms with Gasteiger partial charge in [0.05, 0.1) is 0 Å². The number of nitrogens with one attached hydrogen (secondary N) is 1. The van der Waals surface area contributed by atoms with Gasteiger partial charge in [-0.1, -0.05) is 23.7 Å². The Morgan fingerprint density at radius 1 is 1.57 bits per heavy atom. The van der Waals surface area contributed by atoms with Crippen LogP contribution in [0, 0.1) is 0 Å². The van der Waals surface area contributed by atoms with Crippen molar-refractivity contribution in [2.75, 3.05) is 7.05 Å². The summed E-state index contributed by atoms with van der Waals surface area (Å²) in [6.45, 7) is 0. The smallest absolute Gasteiger partial charge is 0.325 e. The second kappa shape index (κ2) is 5.86. The van der Waals surface area contributed by atoms with E-state index in [2.05, 4.69) is 5.32 Å². The summed E-state index contributed by atoms with van der Waals surface area (Å²) in [6, 6.07) is 6.10. The van der Waals surface area contributed by atoms with E-state index in [1.165, 1.54) is 0 Å². The van der Waals surface area contributed by atoms with E-state index in [-0.39, 0.29) is 12.4 Å².